The summed E-state index contributed by atoms with van der Waals surface area (Å²) in [4.78, 5) is 11.3. The number of aromatic nitrogens is 3. The minimum absolute atomic E-state index is 0.102. The van der Waals surface area contributed by atoms with E-state index < -0.39 is 0 Å². The molecule has 12 heavy (non-hydrogen) atoms. The monoisotopic (exact) mass is 165 g/mol. The van der Waals surface area contributed by atoms with E-state index in [0.717, 1.165) is 5.57 Å². The SMILES string of the molecule is CC(C)=CC(=O)c1nncn1C. The summed E-state index contributed by atoms with van der Waals surface area (Å²) in [5, 5.41) is 7.30. The van der Waals surface area contributed by atoms with Crippen molar-refractivity contribution >= 4 is 5.78 Å². The van der Waals surface area contributed by atoms with Crippen LogP contribution < -0.4 is 0 Å². The predicted octanol–water partition coefficient (Wildman–Crippen LogP) is 0.964. The average molecular weight is 165 g/mol. The molecule has 0 aliphatic heterocycles. The quantitative estimate of drug-likeness (QED) is 0.484. The van der Waals surface area contributed by atoms with Gasteiger partial charge in [0.25, 0.3) is 0 Å². The molecule has 0 N–H and O–H groups in total. The van der Waals surface area contributed by atoms with Crippen LogP contribution in [0.5, 0.6) is 0 Å². The Morgan fingerprint density at radius 1 is 1.58 bits per heavy atom. The number of carbonyl (C=O) groups excluding carboxylic acids is 1. The zero-order valence-corrected chi connectivity index (χ0v) is 7.40. The number of carbonyl (C=O) groups is 1. The van der Waals surface area contributed by atoms with Crippen LogP contribution in [0.2, 0.25) is 0 Å². The lowest BCUT2D eigenvalue weighted by atomic mass is 10.2. The van der Waals surface area contributed by atoms with Crippen molar-refractivity contribution in [3.05, 3.63) is 23.8 Å². The first-order chi connectivity index (χ1) is 5.61. The van der Waals surface area contributed by atoms with E-state index in [9.17, 15) is 4.79 Å². The van der Waals surface area contributed by atoms with E-state index in [1.807, 2.05) is 13.8 Å². The molecule has 0 aromatic carbocycles. The van der Waals surface area contributed by atoms with Crippen molar-refractivity contribution in [2.75, 3.05) is 0 Å². The lowest BCUT2D eigenvalue weighted by Gasteiger charge is -1.93. The van der Waals surface area contributed by atoms with Crippen LogP contribution in [0.15, 0.2) is 18.0 Å². The van der Waals surface area contributed by atoms with E-state index in [0.29, 0.717) is 5.82 Å². The molecular formula is C8H11N3O. The zero-order valence-electron chi connectivity index (χ0n) is 7.40. The topological polar surface area (TPSA) is 47.8 Å². The highest BCUT2D eigenvalue weighted by atomic mass is 16.1. The summed E-state index contributed by atoms with van der Waals surface area (Å²) in [6.07, 6.45) is 3.05. The Labute approximate surface area is 70.9 Å². The maximum atomic E-state index is 11.3. The fourth-order valence-corrected chi connectivity index (χ4v) is 0.833. The van der Waals surface area contributed by atoms with Gasteiger partial charge in [-0.1, -0.05) is 5.57 Å². The van der Waals surface area contributed by atoms with Crippen LogP contribution in [0.1, 0.15) is 24.5 Å². The Balaban J connectivity index is 2.93. The first kappa shape index (κ1) is 8.64. The first-order valence-electron chi connectivity index (χ1n) is 3.64. The van der Waals surface area contributed by atoms with E-state index in [1.165, 1.54) is 6.33 Å². The van der Waals surface area contributed by atoms with Gasteiger partial charge in [0, 0.05) is 7.05 Å². The van der Waals surface area contributed by atoms with Crippen molar-refractivity contribution in [3.8, 4) is 0 Å². The molecule has 0 saturated heterocycles. The lowest BCUT2D eigenvalue weighted by Crippen LogP contribution is -2.04. The van der Waals surface area contributed by atoms with Gasteiger partial charge in [-0.3, -0.25) is 4.79 Å². The largest absolute Gasteiger partial charge is 0.314 e. The predicted molar refractivity (Wildman–Crippen MR) is 44.8 cm³/mol. The molecule has 64 valence electrons. The van der Waals surface area contributed by atoms with E-state index in [4.69, 9.17) is 0 Å². The summed E-state index contributed by atoms with van der Waals surface area (Å²) in [6, 6.07) is 0. The normalized spacial score (nSPS) is 9.58. The molecule has 0 radical (unpaired) electrons. The second-order valence-electron chi connectivity index (χ2n) is 2.85. The maximum Gasteiger partial charge on any atom is 0.223 e. The summed E-state index contributed by atoms with van der Waals surface area (Å²) < 4.78 is 1.60. The van der Waals surface area contributed by atoms with Gasteiger partial charge in [-0.25, -0.2) is 0 Å². The third-order valence-electron chi connectivity index (χ3n) is 1.35. The third-order valence-corrected chi connectivity index (χ3v) is 1.35. The Bertz CT molecular complexity index is 321. The molecule has 0 aliphatic rings. The van der Waals surface area contributed by atoms with E-state index in [-0.39, 0.29) is 5.78 Å². The Kier molecular flexibility index (Phi) is 2.38. The molecule has 1 aromatic heterocycles. The second kappa shape index (κ2) is 3.30. The standard InChI is InChI=1S/C8H11N3O/c1-6(2)4-7(12)8-10-9-5-11(8)3/h4-5H,1-3H3. The molecule has 0 spiro atoms. The fourth-order valence-electron chi connectivity index (χ4n) is 0.833. The second-order valence-corrected chi connectivity index (χ2v) is 2.85. The van der Waals surface area contributed by atoms with Gasteiger partial charge in [0.1, 0.15) is 6.33 Å². The molecule has 0 fully saturated rings. The zero-order chi connectivity index (χ0) is 9.14. The molecule has 1 aromatic rings. The minimum Gasteiger partial charge on any atom is -0.314 e. The molecule has 4 heteroatoms. The summed E-state index contributed by atoms with van der Waals surface area (Å²) in [7, 11) is 1.74. The van der Waals surface area contributed by atoms with Gasteiger partial charge in [-0.15, -0.1) is 10.2 Å². The highest BCUT2D eigenvalue weighted by molar-refractivity contribution is 6.02. The molecule has 0 saturated carbocycles. The number of ketones is 1. The molecule has 0 unspecified atom stereocenters. The van der Waals surface area contributed by atoms with Crippen LogP contribution in [0.25, 0.3) is 0 Å². The van der Waals surface area contributed by atoms with Crippen LogP contribution in [-0.2, 0) is 7.05 Å². The minimum atomic E-state index is -0.102. The van der Waals surface area contributed by atoms with Crippen LogP contribution in [0.4, 0.5) is 0 Å². The molecule has 1 rings (SSSR count). The van der Waals surface area contributed by atoms with Crippen molar-refractivity contribution in [1.29, 1.82) is 0 Å². The number of hydrogen-bond donors (Lipinski definition) is 0. The highest BCUT2D eigenvalue weighted by Gasteiger charge is 2.07. The van der Waals surface area contributed by atoms with Crippen LogP contribution in [0, 0.1) is 0 Å². The van der Waals surface area contributed by atoms with Crippen LogP contribution in [0.3, 0.4) is 0 Å². The van der Waals surface area contributed by atoms with E-state index >= 15 is 0 Å². The molecule has 0 bridgehead atoms. The summed E-state index contributed by atoms with van der Waals surface area (Å²) >= 11 is 0. The molecule has 4 nitrogen and oxygen atoms in total. The van der Waals surface area contributed by atoms with Gasteiger partial charge in [0.15, 0.2) is 0 Å². The molecule has 0 aliphatic carbocycles. The average Bonchev–Trinajstić information content (AvgIpc) is 2.33. The van der Waals surface area contributed by atoms with Gasteiger partial charge in [-0.2, -0.15) is 0 Å². The first-order valence-corrected chi connectivity index (χ1v) is 3.64. The van der Waals surface area contributed by atoms with Crippen molar-refractivity contribution in [2.24, 2.45) is 7.05 Å². The molecular weight excluding hydrogens is 154 g/mol. The van der Waals surface area contributed by atoms with Crippen molar-refractivity contribution < 1.29 is 4.79 Å². The van der Waals surface area contributed by atoms with Gasteiger partial charge >= 0.3 is 0 Å². The van der Waals surface area contributed by atoms with Gasteiger partial charge in [0.2, 0.25) is 11.6 Å². The summed E-state index contributed by atoms with van der Waals surface area (Å²) in [5.41, 5.74) is 0.961. The van der Waals surface area contributed by atoms with Crippen molar-refractivity contribution in [3.63, 3.8) is 0 Å². The van der Waals surface area contributed by atoms with Crippen molar-refractivity contribution in [1.82, 2.24) is 14.8 Å². The summed E-state index contributed by atoms with van der Waals surface area (Å²) in [5.74, 6) is 0.270. The highest BCUT2D eigenvalue weighted by Crippen LogP contribution is 1.98. The molecule has 0 amide bonds. The van der Waals surface area contributed by atoms with Crippen molar-refractivity contribution in [2.45, 2.75) is 13.8 Å². The Hall–Kier alpha value is -1.45. The van der Waals surface area contributed by atoms with Crippen LogP contribution >= 0.6 is 0 Å². The lowest BCUT2D eigenvalue weighted by molar-refractivity contribution is 0.103. The smallest absolute Gasteiger partial charge is 0.223 e. The van der Waals surface area contributed by atoms with E-state index in [2.05, 4.69) is 10.2 Å². The molecule has 1 heterocycles. The third kappa shape index (κ3) is 1.78. The number of hydrogen-bond acceptors (Lipinski definition) is 3. The fraction of sp³-hybridized carbons (Fsp3) is 0.375. The van der Waals surface area contributed by atoms with Gasteiger partial charge in [-0.05, 0) is 19.9 Å². The Morgan fingerprint density at radius 2 is 2.25 bits per heavy atom. The molecule has 0 atom stereocenters. The van der Waals surface area contributed by atoms with E-state index in [1.54, 1.807) is 17.7 Å². The maximum absolute atomic E-state index is 11.3. The summed E-state index contributed by atoms with van der Waals surface area (Å²) in [6.45, 7) is 3.74. The van der Waals surface area contributed by atoms with Gasteiger partial charge in [0.05, 0.1) is 0 Å². The number of allylic oxidation sites excluding steroid dienone is 2. The number of nitrogens with zero attached hydrogens (tertiary/aromatic N) is 3. The van der Waals surface area contributed by atoms with Crippen LogP contribution in [-0.4, -0.2) is 20.5 Å². The Morgan fingerprint density at radius 3 is 2.67 bits per heavy atom. The van der Waals surface area contributed by atoms with Gasteiger partial charge < -0.3 is 4.57 Å². The number of aryl methyl sites for hydroxylation is 1. The number of rotatable bonds is 2.